The average molecular weight is 192 g/mol. The van der Waals surface area contributed by atoms with Crippen LogP contribution in [0.4, 0.5) is 8.78 Å². The Labute approximate surface area is 80.7 Å². The molecule has 0 rings (SSSR count). The Bertz CT molecular complexity index is 132. The van der Waals surface area contributed by atoms with Gasteiger partial charge in [-0.25, -0.2) is 8.78 Å². The van der Waals surface area contributed by atoms with Gasteiger partial charge in [0.15, 0.2) is 0 Å². The zero-order valence-electron chi connectivity index (χ0n) is 9.24. The second-order valence-corrected chi connectivity index (χ2v) is 4.11. The van der Waals surface area contributed by atoms with E-state index in [1.165, 1.54) is 0 Å². The van der Waals surface area contributed by atoms with Crippen molar-refractivity contribution in [3.05, 3.63) is 0 Å². The van der Waals surface area contributed by atoms with Crippen molar-refractivity contribution in [3.8, 4) is 0 Å². The molecule has 0 spiro atoms. The van der Waals surface area contributed by atoms with Gasteiger partial charge in [-0.15, -0.1) is 0 Å². The summed E-state index contributed by atoms with van der Waals surface area (Å²) in [6.07, 6.45) is 2.63. The molecule has 0 nitrogen and oxygen atoms in total. The summed E-state index contributed by atoms with van der Waals surface area (Å²) < 4.78 is 26.2. The molecular weight excluding hydrogens is 170 g/mol. The van der Waals surface area contributed by atoms with E-state index in [4.69, 9.17) is 0 Å². The van der Waals surface area contributed by atoms with Crippen LogP contribution in [0.1, 0.15) is 53.4 Å². The van der Waals surface area contributed by atoms with Crippen molar-refractivity contribution in [3.63, 3.8) is 0 Å². The number of hydrogen-bond acceptors (Lipinski definition) is 0. The molecule has 0 saturated heterocycles. The molecule has 13 heavy (non-hydrogen) atoms. The second-order valence-electron chi connectivity index (χ2n) is 4.11. The molecule has 0 aliphatic heterocycles. The third-order valence-corrected chi connectivity index (χ3v) is 2.98. The summed E-state index contributed by atoms with van der Waals surface area (Å²) in [5.74, 6) is -2.35. The van der Waals surface area contributed by atoms with Crippen LogP contribution in [0.15, 0.2) is 0 Å². The molecule has 0 radical (unpaired) electrons. The van der Waals surface area contributed by atoms with Gasteiger partial charge in [0.05, 0.1) is 0 Å². The average Bonchev–Trinajstić information content (AvgIpc) is 2.13. The Kier molecular flexibility index (Phi) is 5.50. The van der Waals surface area contributed by atoms with Crippen molar-refractivity contribution < 1.29 is 8.78 Å². The van der Waals surface area contributed by atoms with Crippen LogP contribution in [-0.2, 0) is 0 Å². The molecule has 0 N–H and O–H groups in total. The minimum absolute atomic E-state index is 0.0331. The predicted octanol–water partition coefficient (Wildman–Crippen LogP) is 4.49. The lowest BCUT2D eigenvalue weighted by molar-refractivity contribution is -0.0588. The van der Waals surface area contributed by atoms with Crippen LogP contribution in [0.3, 0.4) is 0 Å². The molecule has 0 amide bonds. The first-order valence-corrected chi connectivity index (χ1v) is 5.31. The van der Waals surface area contributed by atoms with E-state index in [1.807, 2.05) is 0 Å². The van der Waals surface area contributed by atoms with Gasteiger partial charge in [-0.1, -0.05) is 40.5 Å². The van der Waals surface area contributed by atoms with Crippen molar-refractivity contribution in [2.75, 3.05) is 0 Å². The molecule has 0 aromatic rings. The molecule has 0 aromatic heterocycles. The maximum absolute atomic E-state index is 13.1. The first kappa shape index (κ1) is 12.9. The summed E-state index contributed by atoms with van der Waals surface area (Å²) in [4.78, 5) is 0. The number of halogens is 2. The van der Waals surface area contributed by atoms with Crippen LogP contribution < -0.4 is 0 Å². The van der Waals surface area contributed by atoms with Gasteiger partial charge in [0.1, 0.15) is 0 Å². The highest BCUT2D eigenvalue weighted by Crippen LogP contribution is 2.32. The van der Waals surface area contributed by atoms with Crippen molar-refractivity contribution in [1.82, 2.24) is 0 Å². The highest BCUT2D eigenvalue weighted by atomic mass is 19.3. The van der Waals surface area contributed by atoms with Gasteiger partial charge in [0, 0.05) is 12.3 Å². The largest absolute Gasteiger partial charge is 0.250 e. The van der Waals surface area contributed by atoms with Gasteiger partial charge in [0.25, 0.3) is 0 Å². The van der Waals surface area contributed by atoms with E-state index in [-0.39, 0.29) is 6.42 Å². The molecule has 2 heteroatoms. The molecular formula is C11H22F2. The lowest BCUT2D eigenvalue weighted by atomic mass is 9.91. The Morgan fingerprint density at radius 2 is 1.62 bits per heavy atom. The van der Waals surface area contributed by atoms with Crippen molar-refractivity contribution in [2.45, 2.75) is 59.3 Å². The van der Waals surface area contributed by atoms with Gasteiger partial charge >= 0.3 is 0 Å². The quantitative estimate of drug-likeness (QED) is 0.581. The van der Waals surface area contributed by atoms with Crippen LogP contribution >= 0.6 is 0 Å². The molecule has 0 heterocycles. The fourth-order valence-corrected chi connectivity index (χ4v) is 1.30. The number of rotatable bonds is 6. The van der Waals surface area contributed by atoms with E-state index in [0.29, 0.717) is 12.3 Å². The lowest BCUT2D eigenvalue weighted by Gasteiger charge is -2.23. The van der Waals surface area contributed by atoms with Crippen molar-refractivity contribution in [2.24, 2.45) is 11.8 Å². The monoisotopic (exact) mass is 192 g/mol. The van der Waals surface area contributed by atoms with Gasteiger partial charge in [-0.05, 0) is 12.3 Å². The van der Waals surface area contributed by atoms with Gasteiger partial charge in [-0.2, -0.15) is 0 Å². The summed E-state index contributed by atoms with van der Waals surface area (Å²) >= 11 is 0. The lowest BCUT2D eigenvalue weighted by Crippen LogP contribution is -2.25. The molecule has 0 bridgehead atoms. The van der Waals surface area contributed by atoms with Crippen LogP contribution in [0, 0.1) is 11.8 Å². The highest BCUT2D eigenvalue weighted by molar-refractivity contribution is 4.72. The first-order valence-electron chi connectivity index (χ1n) is 5.31. The van der Waals surface area contributed by atoms with Crippen LogP contribution in [0.5, 0.6) is 0 Å². The van der Waals surface area contributed by atoms with E-state index >= 15 is 0 Å². The Morgan fingerprint density at radius 3 is 2.00 bits per heavy atom. The fraction of sp³-hybridized carbons (Fsp3) is 1.00. The Morgan fingerprint density at radius 1 is 1.08 bits per heavy atom. The second kappa shape index (κ2) is 5.56. The van der Waals surface area contributed by atoms with Crippen molar-refractivity contribution in [1.29, 1.82) is 0 Å². The van der Waals surface area contributed by atoms with E-state index in [1.54, 1.807) is 13.8 Å². The molecule has 0 aliphatic rings. The van der Waals surface area contributed by atoms with Crippen LogP contribution in [0.2, 0.25) is 0 Å². The topological polar surface area (TPSA) is 0 Å². The van der Waals surface area contributed by atoms with Gasteiger partial charge in [-0.3, -0.25) is 0 Å². The predicted molar refractivity (Wildman–Crippen MR) is 53.1 cm³/mol. The SMILES string of the molecule is CCC(C)CCC(C)C(F)(F)CC. The van der Waals surface area contributed by atoms with Crippen LogP contribution in [-0.4, -0.2) is 5.92 Å². The summed E-state index contributed by atoms with van der Waals surface area (Å²) in [7, 11) is 0. The van der Waals surface area contributed by atoms with E-state index in [0.717, 1.165) is 12.8 Å². The third-order valence-electron chi connectivity index (χ3n) is 2.98. The van der Waals surface area contributed by atoms with Gasteiger partial charge < -0.3 is 0 Å². The summed E-state index contributed by atoms with van der Waals surface area (Å²) in [6, 6.07) is 0. The van der Waals surface area contributed by atoms with Crippen molar-refractivity contribution >= 4 is 0 Å². The standard InChI is InChI=1S/C11H22F2/c1-5-9(3)7-8-10(4)11(12,13)6-2/h9-10H,5-8H2,1-4H3. The molecule has 0 fully saturated rings. The van der Waals surface area contributed by atoms with E-state index < -0.39 is 11.8 Å². The minimum Gasteiger partial charge on any atom is -0.207 e. The Balaban J connectivity index is 3.80. The minimum atomic E-state index is -2.46. The first-order chi connectivity index (χ1) is 5.94. The number of hydrogen-bond donors (Lipinski definition) is 0. The molecule has 0 aromatic carbocycles. The summed E-state index contributed by atoms with van der Waals surface area (Å²) in [6.45, 7) is 7.44. The maximum Gasteiger partial charge on any atom is 0.250 e. The zero-order chi connectivity index (χ0) is 10.5. The van der Waals surface area contributed by atoms with E-state index in [2.05, 4.69) is 13.8 Å². The smallest absolute Gasteiger partial charge is 0.207 e. The van der Waals surface area contributed by atoms with Crippen LogP contribution in [0.25, 0.3) is 0 Å². The summed E-state index contributed by atoms with van der Waals surface area (Å²) in [5.41, 5.74) is 0. The fourth-order valence-electron chi connectivity index (χ4n) is 1.30. The normalized spacial score (nSPS) is 17.1. The molecule has 2 atom stereocenters. The van der Waals surface area contributed by atoms with Gasteiger partial charge in [0.2, 0.25) is 5.92 Å². The Hall–Kier alpha value is -0.140. The molecule has 80 valence electrons. The molecule has 0 saturated carbocycles. The highest BCUT2D eigenvalue weighted by Gasteiger charge is 2.33. The molecule has 0 aliphatic carbocycles. The zero-order valence-corrected chi connectivity index (χ0v) is 9.24. The van der Waals surface area contributed by atoms with E-state index in [9.17, 15) is 8.78 Å². The third kappa shape index (κ3) is 4.58. The maximum atomic E-state index is 13.1. The number of alkyl halides is 2. The molecule has 2 unspecified atom stereocenters. The summed E-state index contributed by atoms with van der Waals surface area (Å²) in [5, 5.41) is 0.